The molecule has 0 saturated carbocycles. The van der Waals surface area contributed by atoms with Crippen molar-refractivity contribution in [3.63, 3.8) is 0 Å². The van der Waals surface area contributed by atoms with Crippen LogP contribution in [0.4, 0.5) is 19.0 Å². The summed E-state index contributed by atoms with van der Waals surface area (Å²) in [4.78, 5) is 50.4. The molecule has 7 N–H and O–H groups in total. The predicted molar refractivity (Wildman–Crippen MR) is 92.5 cm³/mol. The fraction of sp³-hybridized carbons (Fsp3) is 0.600. The largest absolute Gasteiger partial charge is 0.490 e. The van der Waals surface area contributed by atoms with E-state index in [1.165, 1.54) is 0 Å². The summed E-state index contributed by atoms with van der Waals surface area (Å²) in [5, 5.41) is 9.97. The first-order valence-electron chi connectivity index (χ1n) is 7.80. The molecule has 1 aliphatic rings. The Bertz CT molecular complexity index is 1050. The third-order valence-electron chi connectivity index (χ3n) is 3.78. The van der Waals surface area contributed by atoms with Crippen LogP contribution in [0.3, 0.4) is 0 Å². The van der Waals surface area contributed by atoms with Crippen molar-refractivity contribution in [2.45, 2.75) is 30.5 Å². The maximum atomic E-state index is 14.5. The molecule has 1 aromatic rings. The second-order valence-electron chi connectivity index (χ2n) is 6.06. The number of halogens is 3. The Labute approximate surface area is 174 Å². The van der Waals surface area contributed by atoms with Crippen LogP contribution in [-0.4, -0.2) is 65.1 Å². The van der Waals surface area contributed by atoms with Crippen LogP contribution >= 0.6 is 23.5 Å². The van der Waals surface area contributed by atoms with Crippen molar-refractivity contribution >= 4 is 29.3 Å². The molecule has 0 bridgehead atoms. The molecule has 1 saturated heterocycles. The molecule has 0 spiro atoms. The third kappa shape index (κ3) is 6.22. The number of rotatable bonds is 9. The van der Waals surface area contributed by atoms with E-state index >= 15 is 0 Å². The molecule has 1 aliphatic heterocycles. The molecule has 0 radical (unpaired) electrons. The van der Waals surface area contributed by atoms with Crippen molar-refractivity contribution in [2.75, 3.05) is 12.3 Å². The number of aromatic nitrogens is 2. The molecule has 2 heterocycles. The Morgan fingerprint density at radius 3 is 2.31 bits per heavy atom. The first kappa shape index (κ1) is 27.0. The maximum absolute atomic E-state index is 14.5. The van der Waals surface area contributed by atoms with Crippen LogP contribution in [0.25, 0.3) is 0 Å². The van der Waals surface area contributed by atoms with Gasteiger partial charge in [-0.2, -0.15) is 13.6 Å². The van der Waals surface area contributed by atoms with Gasteiger partial charge in [-0.25, -0.2) is 31.7 Å². The molecule has 0 amide bonds. The average molecular weight is 535 g/mol. The number of anilines is 1. The van der Waals surface area contributed by atoms with E-state index in [2.05, 4.69) is 18.1 Å². The lowest BCUT2D eigenvalue weighted by molar-refractivity contribution is -0.193. The van der Waals surface area contributed by atoms with E-state index in [-0.39, 0.29) is 5.82 Å². The summed E-state index contributed by atoms with van der Waals surface area (Å²) in [6.45, 7) is -1.87. The van der Waals surface area contributed by atoms with Gasteiger partial charge in [0.05, 0.1) is 6.61 Å². The summed E-state index contributed by atoms with van der Waals surface area (Å²) in [6.07, 6.45) is -10.8. The Morgan fingerprint density at radius 1 is 1.22 bits per heavy atom. The van der Waals surface area contributed by atoms with Gasteiger partial charge in [-0.3, -0.25) is 9.09 Å². The van der Waals surface area contributed by atoms with Crippen LogP contribution in [0.1, 0.15) is 6.23 Å². The van der Waals surface area contributed by atoms with Gasteiger partial charge < -0.3 is 35.2 Å². The quantitative estimate of drug-likeness (QED) is 0.216. The number of ether oxygens (including phenoxy) is 1. The van der Waals surface area contributed by atoms with Gasteiger partial charge in [0, 0.05) is 6.20 Å². The standard InChI is InChI=1S/C10H15F3N3O13P3/c11-5-6(17)10(8(12)13,27-7(5)16-2-1-4(14)15-9(16)18)3-26-31(22,23)29-32(24,25)28-30(19,20)21/h1-2,5-8,17H,3H2,(H,22,23)(H,24,25)(H2,14,15,18)(H2,19,20,21)/t5-,6+,7+,10+/m0/s1. The van der Waals surface area contributed by atoms with Crippen LogP contribution in [-0.2, 0) is 31.6 Å². The normalized spacial score (nSPS) is 30.2. The highest BCUT2D eigenvalue weighted by Crippen LogP contribution is 2.66. The Balaban J connectivity index is 2.27. The molecule has 32 heavy (non-hydrogen) atoms. The Hall–Kier alpha value is -1.20. The van der Waals surface area contributed by atoms with E-state index < -0.39 is 66.3 Å². The average Bonchev–Trinajstić information content (AvgIpc) is 2.83. The number of phosphoric acid groups is 3. The Kier molecular flexibility index (Phi) is 7.79. The second-order valence-corrected chi connectivity index (χ2v) is 10.5. The summed E-state index contributed by atoms with van der Waals surface area (Å²) in [6, 6.07) is 0.971. The summed E-state index contributed by atoms with van der Waals surface area (Å²) in [5.74, 6) is -0.312. The van der Waals surface area contributed by atoms with E-state index in [0.29, 0.717) is 4.57 Å². The monoisotopic (exact) mass is 535 g/mol. The fourth-order valence-electron chi connectivity index (χ4n) is 2.46. The van der Waals surface area contributed by atoms with Crippen molar-refractivity contribution in [3.05, 3.63) is 22.7 Å². The molecule has 6 atom stereocenters. The van der Waals surface area contributed by atoms with Crippen molar-refractivity contribution in [3.8, 4) is 0 Å². The SMILES string of the molecule is Nc1ccn([C@@H]2O[C@@](COP(=O)(O)OP(=O)(O)OP(=O)(O)O)(C(F)F)[C@H](O)[C@@H]2F)c(=O)n1. The number of nitrogen functional groups attached to an aromatic ring is 1. The molecule has 1 fully saturated rings. The van der Waals surface area contributed by atoms with Crippen LogP contribution < -0.4 is 11.4 Å². The van der Waals surface area contributed by atoms with E-state index in [1.807, 2.05) is 0 Å². The number of hydrogen-bond donors (Lipinski definition) is 6. The number of aliphatic hydroxyl groups is 1. The van der Waals surface area contributed by atoms with Gasteiger partial charge in [-0.15, -0.1) is 0 Å². The van der Waals surface area contributed by atoms with E-state index in [1.54, 1.807) is 0 Å². The summed E-state index contributed by atoms with van der Waals surface area (Å²) < 4.78 is 91.5. The van der Waals surface area contributed by atoms with Gasteiger partial charge >= 0.3 is 29.2 Å². The lowest BCUT2D eigenvalue weighted by Gasteiger charge is -2.31. The highest BCUT2D eigenvalue weighted by molar-refractivity contribution is 7.66. The highest BCUT2D eigenvalue weighted by Gasteiger charge is 2.62. The molecule has 0 aliphatic carbocycles. The van der Waals surface area contributed by atoms with Crippen LogP contribution in [0.5, 0.6) is 0 Å². The molecule has 16 nitrogen and oxygen atoms in total. The van der Waals surface area contributed by atoms with E-state index in [4.69, 9.17) is 25.2 Å². The number of aliphatic hydroxyl groups excluding tert-OH is 1. The number of hydrogen-bond acceptors (Lipinski definition) is 11. The topological polar surface area (TPSA) is 250 Å². The number of phosphoric ester groups is 1. The van der Waals surface area contributed by atoms with Gasteiger partial charge in [0.15, 0.2) is 18.0 Å². The summed E-state index contributed by atoms with van der Waals surface area (Å²) in [7, 11) is -17.6. The van der Waals surface area contributed by atoms with Crippen molar-refractivity contribution in [1.82, 2.24) is 9.55 Å². The van der Waals surface area contributed by atoms with E-state index in [9.17, 15) is 41.7 Å². The summed E-state index contributed by atoms with van der Waals surface area (Å²) in [5.41, 5.74) is 0.569. The van der Waals surface area contributed by atoms with Crippen molar-refractivity contribution in [2.24, 2.45) is 0 Å². The van der Waals surface area contributed by atoms with Gasteiger partial charge in [0.1, 0.15) is 11.9 Å². The zero-order valence-electron chi connectivity index (χ0n) is 15.1. The molecule has 2 unspecified atom stereocenters. The first-order chi connectivity index (χ1) is 14.4. The summed E-state index contributed by atoms with van der Waals surface area (Å²) >= 11 is 0. The van der Waals surface area contributed by atoms with Crippen LogP contribution in [0.2, 0.25) is 0 Å². The highest BCUT2D eigenvalue weighted by atomic mass is 31.3. The fourth-order valence-corrected chi connectivity index (χ4v) is 5.52. The van der Waals surface area contributed by atoms with E-state index in [0.717, 1.165) is 12.3 Å². The molecule has 184 valence electrons. The molecule has 1 aromatic heterocycles. The second kappa shape index (κ2) is 9.21. The Morgan fingerprint density at radius 2 is 1.81 bits per heavy atom. The van der Waals surface area contributed by atoms with Gasteiger partial charge in [0.25, 0.3) is 6.43 Å². The molecule has 2 rings (SSSR count). The lowest BCUT2D eigenvalue weighted by atomic mass is 9.97. The van der Waals surface area contributed by atoms with Gasteiger partial charge in [0.2, 0.25) is 0 Å². The first-order valence-corrected chi connectivity index (χ1v) is 12.3. The van der Waals surface area contributed by atoms with Crippen molar-refractivity contribution in [1.29, 1.82) is 0 Å². The smallest absolute Gasteiger partial charge is 0.387 e. The van der Waals surface area contributed by atoms with Crippen LogP contribution in [0, 0.1) is 0 Å². The third-order valence-corrected chi connectivity index (χ3v) is 7.56. The van der Waals surface area contributed by atoms with Crippen molar-refractivity contribution < 1.29 is 69.4 Å². The van der Waals surface area contributed by atoms with Crippen LogP contribution in [0.15, 0.2) is 17.1 Å². The molecular weight excluding hydrogens is 520 g/mol. The lowest BCUT2D eigenvalue weighted by Crippen LogP contribution is -2.52. The predicted octanol–water partition coefficient (Wildman–Crippen LogP) is -0.600. The molecular formula is C10H15F3N3O13P3. The molecule has 22 heteroatoms. The molecule has 0 aromatic carbocycles. The van der Waals surface area contributed by atoms with Gasteiger partial charge in [-0.05, 0) is 6.07 Å². The number of alkyl halides is 3. The zero-order valence-corrected chi connectivity index (χ0v) is 17.8. The number of nitrogens with zero attached hydrogens (tertiary/aromatic N) is 2. The minimum Gasteiger partial charge on any atom is -0.387 e. The zero-order chi connectivity index (χ0) is 24.7. The minimum absolute atomic E-state index is 0.312. The number of nitrogens with two attached hydrogens (primary N) is 1. The minimum atomic E-state index is -5.97. The maximum Gasteiger partial charge on any atom is 0.490 e. The van der Waals surface area contributed by atoms with Gasteiger partial charge in [-0.1, -0.05) is 0 Å².